The Morgan fingerprint density at radius 3 is 2.61 bits per heavy atom. The fourth-order valence-electron chi connectivity index (χ4n) is 2.40. The van der Waals surface area contributed by atoms with Gasteiger partial charge in [0.05, 0.1) is 12.3 Å². The molecule has 4 nitrogen and oxygen atoms in total. The number of hydrogen-bond acceptors (Lipinski definition) is 4. The van der Waals surface area contributed by atoms with Crippen LogP contribution in [0.15, 0.2) is 60.8 Å². The Hall–Kier alpha value is -2.88. The summed E-state index contributed by atoms with van der Waals surface area (Å²) < 4.78 is 5.39. The molecular weight excluding hydrogens is 288 g/mol. The highest BCUT2D eigenvalue weighted by Crippen LogP contribution is 2.31. The minimum Gasteiger partial charge on any atom is -0.507 e. The smallest absolute Gasteiger partial charge is 0.133 e. The first-order valence-electron chi connectivity index (χ1n) is 7.58. The quantitative estimate of drug-likeness (QED) is 0.778. The molecule has 0 aliphatic heterocycles. The highest BCUT2D eigenvalue weighted by atomic mass is 16.5. The standard InChI is InChI=1S/C19H18N2O2/c1-2-23-15-8-9-16(18(22)13-15)17-10-11-20-19(21-17)12-14-6-4-3-5-7-14/h3-11,13,22H,2,12H2,1H3. The lowest BCUT2D eigenvalue weighted by Gasteiger charge is -2.08. The van der Waals surface area contributed by atoms with E-state index in [1.54, 1.807) is 18.3 Å². The molecule has 0 atom stereocenters. The summed E-state index contributed by atoms with van der Waals surface area (Å²) in [6, 6.07) is 17.1. The summed E-state index contributed by atoms with van der Waals surface area (Å²) in [6.07, 6.45) is 2.38. The van der Waals surface area contributed by atoms with Gasteiger partial charge in [-0.25, -0.2) is 9.97 Å². The predicted octanol–water partition coefficient (Wildman–Crippen LogP) is 3.84. The van der Waals surface area contributed by atoms with Crippen LogP contribution in [0.5, 0.6) is 11.5 Å². The van der Waals surface area contributed by atoms with Gasteiger partial charge in [0.25, 0.3) is 0 Å². The Kier molecular flexibility index (Phi) is 4.52. The molecule has 0 amide bonds. The summed E-state index contributed by atoms with van der Waals surface area (Å²) in [6.45, 7) is 2.47. The minimum atomic E-state index is 0.153. The normalized spacial score (nSPS) is 10.5. The first-order valence-corrected chi connectivity index (χ1v) is 7.58. The first kappa shape index (κ1) is 15.0. The van der Waals surface area contributed by atoms with E-state index < -0.39 is 0 Å². The minimum absolute atomic E-state index is 0.153. The van der Waals surface area contributed by atoms with Crippen molar-refractivity contribution >= 4 is 0 Å². The van der Waals surface area contributed by atoms with E-state index in [-0.39, 0.29) is 5.75 Å². The molecule has 2 aromatic carbocycles. The van der Waals surface area contributed by atoms with E-state index >= 15 is 0 Å². The van der Waals surface area contributed by atoms with Gasteiger partial charge in [-0.05, 0) is 30.7 Å². The van der Waals surface area contributed by atoms with Crippen LogP contribution in [0.2, 0.25) is 0 Å². The number of hydrogen-bond donors (Lipinski definition) is 1. The molecule has 116 valence electrons. The maximum atomic E-state index is 10.2. The number of nitrogens with zero attached hydrogens (tertiary/aromatic N) is 2. The fourth-order valence-corrected chi connectivity index (χ4v) is 2.40. The van der Waals surface area contributed by atoms with Crippen molar-refractivity contribution in [2.24, 2.45) is 0 Å². The van der Waals surface area contributed by atoms with Crippen LogP contribution in [-0.4, -0.2) is 21.7 Å². The van der Waals surface area contributed by atoms with Gasteiger partial charge < -0.3 is 9.84 Å². The molecule has 0 radical (unpaired) electrons. The number of phenolic OH excluding ortho intramolecular Hbond substituents is 1. The molecule has 1 heterocycles. The number of rotatable bonds is 5. The largest absolute Gasteiger partial charge is 0.507 e. The van der Waals surface area contributed by atoms with Gasteiger partial charge in [-0.2, -0.15) is 0 Å². The third-order valence-corrected chi connectivity index (χ3v) is 3.47. The van der Waals surface area contributed by atoms with Crippen molar-refractivity contribution in [2.75, 3.05) is 6.61 Å². The lowest BCUT2D eigenvalue weighted by atomic mass is 10.1. The molecule has 3 rings (SSSR count). The third kappa shape index (κ3) is 3.66. The zero-order valence-electron chi connectivity index (χ0n) is 12.9. The highest BCUT2D eigenvalue weighted by Gasteiger charge is 2.09. The number of aromatic nitrogens is 2. The van der Waals surface area contributed by atoms with Gasteiger partial charge in [-0.3, -0.25) is 0 Å². The topological polar surface area (TPSA) is 55.2 Å². The molecule has 4 heteroatoms. The molecule has 0 saturated carbocycles. The van der Waals surface area contributed by atoms with Gasteiger partial charge in [-0.1, -0.05) is 30.3 Å². The molecule has 0 unspecified atom stereocenters. The summed E-state index contributed by atoms with van der Waals surface area (Å²) in [5.74, 6) is 1.52. The second kappa shape index (κ2) is 6.92. The average molecular weight is 306 g/mol. The van der Waals surface area contributed by atoms with Crippen LogP contribution in [-0.2, 0) is 6.42 Å². The first-order chi connectivity index (χ1) is 11.3. The van der Waals surface area contributed by atoms with Crippen molar-refractivity contribution in [2.45, 2.75) is 13.3 Å². The van der Waals surface area contributed by atoms with E-state index in [1.165, 1.54) is 0 Å². The zero-order chi connectivity index (χ0) is 16.1. The Bertz CT molecular complexity index is 788. The van der Waals surface area contributed by atoms with E-state index in [2.05, 4.69) is 9.97 Å². The van der Waals surface area contributed by atoms with E-state index in [0.29, 0.717) is 30.0 Å². The molecule has 1 aromatic heterocycles. The van der Waals surface area contributed by atoms with Crippen molar-refractivity contribution in [3.63, 3.8) is 0 Å². The molecule has 0 spiro atoms. The van der Waals surface area contributed by atoms with Gasteiger partial charge in [0.15, 0.2) is 0 Å². The molecule has 0 bridgehead atoms. The lowest BCUT2D eigenvalue weighted by molar-refractivity contribution is 0.338. The van der Waals surface area contributed by atoms with Gasteiger partial charge >= 0.3 is 0 Å². The molecule has 1 N–H and O–H groups in total. The Labute approximate surface area is 135 Å². The van der Waals surface area contributed by atoms with Crippen LogP contribution in [0.25, 0.3) is 11.3 Å². The number of ether oxygens (including phenoxy) is 1. The monoisotopic (exact) mass is 306 g/mol. The van der Waals surface area contributed by atoms with Crippen LogP contribution in [0.1, 0.15) is 18.3 Å². The van der Waals surface area contributed by atoms with E-state index in [9.17, 15) is 5.11 Å². The van der Waals surface area contributed by atoms with Crippen molar-refractivity contribution in [1.29, 1.82) is 0 Å². The van der Waals surface area contributed by atoms with Crippen LogP contribution >= 0.6 is 0 Å². The lowest BCUT2D eigenvalue weighted by Crippen LogP contribution is -1.98. The molecule has 0 saturated heterocycles. The molecule has 3 aromatic rings. The summed E-state index contributed by atoms with van der Waals surface area (Å²) in [5, 5.41) is 10.2. The molecular formula is C19H18N2O2. The molecule has 23 heavy (non-hydrogen) atoms. The van der Waals surface area contributed by atoms with Crippen LogP contribution < -0.4 is 4.74 Å². The average Bonchev–Trinajstić information content (AvgIpc) is 2.56. The van der Waals surface area contributed by atoms with E-state index in [1.807, 2.05) is 49.4 Å². The molecule has 0 fully saturated rings. The van der Waals surface area contributed by atoms with Crippen LogP contribution in [0, 0.1) is 0 Å². The van der Waals surface area contributed by atoms with Crippen molar-refractivity contribution in [3.05, 3.63) is 72.2 Å². The van der Waals surface area contributed by atoms with Gasteiger partial charge in [0, 0.05) is 24.2 Å². The van der Waals surface area contributed by atoms with Crippen molar-refractivity contribution in [3.8, 4) is 22.8 Å². The van der Waals surface area contributed by atoms with E-state index in [0.717, 1.165) is 11.4 Å². The summed E-state index contributed by atoms with van der Waals surface area (Å²) in [4.78, 5) is 8.88. The van der Waals surface area contributed by atoms with Crippen molar-refractivity contribution in [1.82, 2.24) is 9.97 Å². The third-order valence-electron chi connectivity index (χ3n) is 3.47. The van der Waals surface area contributed by atoms with Gasteiger partial charge in [0.1, 0.15) is 17.3 Å². The number of benzene rings is 2. The highest BCUT2D eigenvalue weighted by molar-refractivity contribution is 5.67. The Morgan fingerprint density at radius 2 is 1.87 bits per heavy atom. The second-order valence-corrected chi connectivity index (χ2v) is 5.13. The van der Waals surface area contributed by atoms with Crippen LogP contribution in [0.4, 0.5) is 0 Å². The van der Waals surface area contributed by atoms with Gasteiger partial charge in [0.2, 0.25) is 0 Å². The molecule has 0 aliphatic rings. The maximum absolute atomic E-state index is 10.2. The maximum Gasteiger partial charge on any atom is 0.133 e. The number of phenols is 1. The Morgan fingerprint density at radius 1 is 1.04 bits per heavy atom. The fraction of sp³-hybridized carbons (Fsp3) is 0.158. The SMILES string of the molecule is CCOc1ccc(-c2ccnc(Cc3ccccc3)n2)c(O)c1. The van der Waals surface area contributed by atoms with Crippen LogP contribution in [0.3, 0.4) is 0 Å². The zero-order valence-corrected chi connectivity index (χ0v) is 12.9. The molecule has 0 aliphatic carbocycles. The van der Waals surface area contributed by atoms with Crippen molar-refractivity contribution < 1.29 is 9.84 Å². The predicted molar refractivity (Wildman–Crippen MR) is 89.5 cm³/mol. The number of aromatic hydroxyl groups is 1. The Balaban J connectivity index is 1.87. The second-order valence-electron chi connectivity index (χ2n) is 5.13. The summed E-state index contributed by atoms with van der Waals surface area (Å²) in [5.41, 5.74) is 2.53. The van der Waals surface area contributed by atoms with Gasteiger partial charge in [-0.15, -0.1) is 0 Å². The summed E-state index contributed by atoms with van der Waals surface area (Å²) in [7, 11) is 0. The summed E-state index contributed by atoms with van der Waals surface area (Å²) >= 11 is 0. The van der Waals surface area contributed by atoms with E-state index in [4.69, 9.17) is 4.74 Å².